The summed E-state index contributed by atoms with van der Waals surface area (Å²) >= 11 is 0. The number of hydrazine groups is 1. The summed E-state index contributed by atoms with van der Waals surface area (Å²) in [6, 6.07) is 6.85. The molecule has 1 heterocycles. The van der Waals surface area contributed by atoms with E-state index in [0.29, 0.717) is 6.04 Å². The summed E-state index contributed by atoms with van der Waals surface area (Å²) in [5, 5.41) is 0. The van der Waals surface area contributed by atoms with E-state index < -0.39 is 0 Å². The molecular formula is C12H16N4. The lowest BCUT2D eigenvalue weighted by atomic mass is 9.92. The molecule has 0 atom stereocenters. The van der Waals surface area contributed by atoms with Gasteiger partial charge in [-0.2, -0.15) is 0 Å². The van der Waals surface area contributed by atoms with E-state index in [-0.39, 0.29) is 0 Å². The number of para-hydroxylation sites is 1. The zero-order valence-corrected chi connectivity index (χ0v) is 9.40. The first-order valence-electron chi connectivity index (χ1n) is 5.75. The van der Waals surface area contributed by atoms with Crippen LogP contribution in [0.3, 0.4) is 0 Å². The molecule has 0 radical (unpaired) electrons. The first-order chi connectivity index (χ1) is 7.81. The van der Waals surface area contributed by atoms with Crippen LogP contribution in [0.2, 0.25) is 0 Å². The minimum Gasteiger partial charge on any atom is -0.306 e. The molecule has 0 aliphatic heterocycles. The van der Waals surface area contributed by atoms with Crippen molar-refractivity contribution in [1.29, 1.82) is 0 Å². The number of aryl methyl sites for hydroxylation is 1. The predicted molar refractivity (Wildman–Crippen MR) is 65.2 cm³/mol. The largest absolute Gasteiger partial charge is 0.306 e. The number of nitrogens with zero attached hydrogens (tertiary/aromatic N) is 2. The maximum Gasteiger partial charge on any atom is 0.218 e. The highest BCUT2D eigenvalue weighted by molar-refractivity contribution is 5.82. The Labute approximate surface area is 94.4 Å². The SMILES string of the molecule is Cc1cccc2c1nc(NN)n2C1CCC1. The molecule has 1 saturated carbocycles. The number of aromatic nitrogens is 2. The third kappa shape index (κ3) is 1.23. The van der Waals surface area contributed by atoms with Crippen LogP contribution in [0.4, 0.5) is 5.95 Å². The van der Waals surface area contributed by atoms with Crippen LogP contribution in [0.1, 0.15) is 30.9 Å². The average molecular weight is 216 g/mol. The molecule has 0 bridgehead atoms. The third-order valence-electron chi connectivity index (χ3n) is 3.49. The Morgan fingerprint density at radius 1 is 1.44 bits per heavy atom. The van der Waals surface area contributed by atoms with Crippen LogP contribution in [0, 0.1) is 6.92 Å². The van der Waals surface area contributed by atoms with Crippen molar-refractivity contribution in [3.63, 3.8) is 0 Å². The van der Waals surface area contributed by atoms with Crippen molar-refractivity contribution in [2.75, 3.05) is 5.43 Å². The normalized spacial score (nSPS) is 16.4. The van der Waals surface area contributed by atoms with Crippen molar-refractivity contribution >= 4 is 17.0 Å². The maximum atomic E-state index is 5.55. The molecule has 3 rings (SSSR count). The lowest BCUT2D eigenvalue weighted by Crippen LogP contribution is -2.21. The first kappa shape index (κ1) is 9.66. The second kappa shape index (κ2) is 3.49. The number of hydrogen-bond donors (Lipinski definition) is 2. The minimum atomic E-state index is 0.567. The Morgan fingerprint density at radius 3 is 2.88 bits per heavy atom. The zero-order chi connectivity index (χ0) is 11.1. The number of hydrogen-bond acceptors (Lipinski definition) is 3. The van der Waals surface area contributed by atoms with Gasteiger partial charge in [-0.15, -0.1) is 0 Å². The first-order valence-corrected chi connectivity index (χ1v) is 5.75. The maximum absolute atomic E-state index is 5.55. The van der Waals surface area contributed by atoms with Crippen LogP contribution in [-0.2, 0) is 0 Å². The number of nitrogens with two attached hydrogens (primary N) is 1. The molecule has 0 amide bonds. The van der Waals surface area contributed by atoms with Gasteiger partial charge in [-0.05, 0) is 37.8 Å². The molecule has 0 unspecified atom stereocenters. The summed E-state index contributed by atoms with van der Waals surface area (Å²) in [5.74, 6) is 6.33. The van der Waals surface area contributed by atoms with Gasteiger partial charge in [0.05, 0.1) is 11.0 Å². The number of imidazole rings is 1. The highest BCUT2D eigenvalue weighted by Gasteiger charge is 2.24. The average Bonchev–Trinajstić information content (AvgIpc) is 2.57. The summed E-state index contributed by atoms with van der Waals surface area (Å²) in [6.45, 7) is 2.08. The highest BCUT2D eigenvalue weighted by atomic mass is 15.3. The van der Waals surface area contributed by atoms with Crippen LogP contribution in [0.5, 0.6) is 0 Å². The number of nitrogen functional groups attached to an aromatic ring is 1. The number of anilines is 1. The molecule has 1 aliphatic carbocycles. The van der Waals surface area contributed by atoms with Gasteiger partial charge in [-0.3, -0.25) is 5.43 Å². The fraction of sp³-hybridized carbons (Fsp3) is 0.417. The molecular weight excluding hydrogens is 200 g/mol. The van der Waals surface area contributed by atoms with Gasteiger partial charge in [0.2, 0.25) is 5.95 Å². The van der Waals surface area contributed by atoms with Gasteiger partial charge in [0, 0.05) is 6.04 Å². The molecule has 1 aromatic carbocycles. The number of rotatable bonds is 2. The lowest BCUT2D eigenvalue weighted by Gasteiger charge is -2.28. The van der Waals surface area contributed by atoms with E-state index >= 15 is 0 Å². The Bertz CT molecular complexity index is 525. The summed E-state index contributed by atoms with van der Waals surface area (Å²) < 4.78 is 2.24. The molecule has 3 N–H and O–H groups in total. The van der Waals surface area contributed by atoms with Gasteiger partial charge >= 0.3 is 0 Å². The Balaban J connectivity index is 2.26. The number of nitrogens with one attached hydrogen (secondary N) is 1. The molecule has 1 aromatic heterocycles. The summed E-state index contributed by atoms with van der Waals surface area (Å²) in [5.41, 5.74) is 6.16. The quantitative estimate of drug-likeness (QED) is 0.598. The van der Waals surface area contributed by atoms with E-state index in [0.717, 1.165) is 11.5 Å². The number of benzene rings is 1. The van der Waals surface area contributed by atoms with Crippen LogP contribution >= 0.6 is 0 Å². The standard InChI is InChI=1S/C12H16N4/c1-8-4-2-7-10-11(8)14-12(15-13)16(10)9-5-3-6-9/h2,4,7,9H,3,5-6,13H2,1H3,(H,14,15). The van der Waals surface area contributed by atoms with Crippen molar-refractivity contribution in [1.82, 2.24) is 9.55 Å². The molecule has 2 aromatic rings. The zero-order valence-electron chi connectivity index (χ0n) is 9.40. The van der Waals surface area contributed by atoms with E-state index in [4.69, 9.17) is 5.84 Å². The molecule has 4 nitrogen and oxygen atoms in total. The lowest BCUT2D eigenvalue weighted by molar-refractivity contribution is 0.323. The van der Waals surface area contributed by atoms with Crippen molar-refractivity contribution in [2.24, 2.45) is 5.84 Å². The summed E-state index contributed by atoms with van der Waals surface area (Å²) in [4.78, 5) is 4.56. The Morgan fingerprint density at radius 2 is 2.25 bits per heavy atom. The van der Waals surface area contributed by atoms with Crippen molar-refractivity contribution in [2.45, 2.75) is 32.2 Å². The second-order valence-corrected chi connectivity index (χ2v) is 4.48. The Kier molecular flexibility index (Phi) is 2.11. The monoisotopic (exact) mass is 216 g/mol. The Hall–Kier alpha value is -1.55. The molecule has 0 saturated heterocycles. The van der Waals surface area contributed by atoms with Crippen molar-refractivity contribution in [3.8, 4) is 0 Å². The van der Waals surface area contributed by atoms with Crippen LogP contribution in [0.15, 0.2) is 18.2 Å². The second-order valence-electron chi connectivity index (χ2n) is 4.48. The van der Waals surface area contributed by atoms with E-state index in [1.807, 2.05) is 0 Å². The summed E-state index contributed by atoms with van der Waals surface area (Å²) in [7, 11) is 0. The molecule has 1 fully saturated rings. The van der Waals surface area contributed by atoms with E-state index in [1.54, 1.807) is 0 Å². The predicted octanol–water partition coefficient (Wildman–Crippen LogP) is 2.36. The topological polar surface area (TPSA) is 55.9 Å². The molecule has 0 spiro atoms. The van der Waals surface area contributed by atoms with Crippen molar-refractivity contribution in [3.05, 3.63) is 23.8 Å². The van der Waals surface area contributed by atoms with Gasteiger partial charge in [0.15, 0.2) is 0 Å². The van der Waals surface area contributed by atoms with Crippen LogP contribution in [-0.4, -0.2) is 9.55 Å². The highest BCUT2D eigenvalue weighted by Crippen LogP contribution is 2.37. The van der Waals surface area contributed by atoms with Crippen LogP contribution < -0.4 is 11.3 Å². The molecule has 16 heavy (non-hydrogen) atoms. The van der Waals surface area contributed by atoms with Gasteiger partial charge in [-0.25, -0.2) is 10.8 Å². The van der Waals surface area contributed by atoms with E-state index in [2.05, 4.69) is 40.1 Å². The molecule has 4 heteroatoms. The van der Waals surface area contributed by atoms with Gasteiger partial charge in [-0.1, -0.05) is 12.1 Å². The number of fused-ring (bicyclic) bond motifs is 1. The van der Waals surface area contributed by atoms with Gasteiger partial charge in [0.25, 0.3) is 0 Å². The minimum absolute atomic E-state index is 0.567. The van der Waals surface area contributed by atoms with Crippen molar-refractivity contribution < 1.29 is 0 Å². The van der Waals surface area contributed by atoms with Gasteiger partial charge < -0.3 is 4.57 Å². The van der Waals surface area contributed by atoms with Crippen LogP contribution in [0.25, 0.3) is 11.0 Å². The molecule has 1 aliphatic rings. The van der Waals surface area contributed by atoms with E-state index in [9.17, 15) is 0 Å². The molecule has 84 valence electrons. The van der Waals surface area contributed by atoms with Gasteiger partial charge in [0.1, 0.15) is 0 Å². The summed E-state index contributed by atoms with van der Waals surface area (Å²) in [6.07, 6.45) is 3.77. The fourth-order valence-electron chi connectivity index (χ4n) is 2.37. The third-order valence-corrected chi connectivity index (χ3v) is 3.49. The smallest absolute Gasteiger partial charge is 0.218 e. The fourth-order valence-corrected chi connectivity index (χ4v) is 2.37. The van der Waals surface area contributed by atoms with E-state index in [1.165, 1.54) is 30.3 Å².